The SMILES string of the molecule is Nc1cc2ccccc2cc1-c1nc2cc3ccccc3cc2c(=O)o1. The molecule has 2 N–H and O–H groups in total. The first kappa shape index (κ1) is 14.7. The number of hydrogen-bond acceptors (Lipinski definition) is 4. The molecule has 4 nitrogen and oxygen atoms in total. The fourth-order valence-electron chi connectivity index (χ4n) is 3.32. The summed E-state index contributed by atoms with van der Waals surface area (Å²) in [6.07, 6.45) is 0. The van der Waals surface area contributed by atoms with E-state index in [9.17, 15) is 4.79 Å². The Hall–Kier alpha value is -3.66. The first-order valence-electron chi connectivity index (χ1n) is 8.31. The van der Waals surface area contributed by atoms with Gasteiger partial charge < -0.3 is 10.2 Å². The van der Waals surface area contributed by atoms with E-state index < -0.39 is 5.63 Å². The maximum Gasteiger partial charge on any atom is 0.347 e. The van der Waals surface area contributed by atoms with E-state index in [4.69, 9.17) is 10.2 Å². The summed E-state index contributed by atoms with van der Waals surface area (Å²) in [5.74, 6) is 0.237. The van der Waals surface area contributed by atoms with Crippen LogP contribution in [0.15, 0.2) is 82.0 Å². The molecule has 0 radical (unpaired) electrons. The highest BCUT2D eigenvalue weighted by molar-refractivity contribution is 5.97. The summed E-state index contributed by atoms with van der Waals surface area (Å²) in [6, 6.07) is 23.3. The van der Waals surface area contributed by atoms with E-state index in [1.165, 1.54) is 0 Å². The maximum absolute atomic E-state index is 12.5. The number of aromatic nitrogens is 1. The van der Waals surface area contributed by atoms with Gasteiger partial charge in [-0.1, -0.05) is 48.5 Å². The van der Waals surface area contributed by atoms with Gasteiger partial charge in [-0.05, 0) is 45.8 Å². The molecule has 1 aromatic heterocycles. The van der Waals surface area contributed by atoms with E-state index in [1.807, 2.05) is 72.8 Å². The molecule has 1 heterocycles. The molecular formula is C22H14N2O2. The number of anilines is 1. The van der Waals surface area contributed by atoms with Crippen LogP contribution in [0.2, 0.25) is 0 Å². The Balaban J connectivity index is 1.81. The fourth-order valence-corrected chi connectivity index (χ4v) is 3.32. The molecule has 26 heavy (non-hydrogen) atoms. The minimum absolute atomic E-state index is 0.237. The van der Waals surface area contributed by atoms with Gasteiger partial charge in [0.1, 0.15) is 0 Å². The molecular weight excluding hydrogens is 324 g/mol. The standard InChI is InChI=1S/C22H14N2O2/c23-19-11-15-7-3-1-5-13(15)9-17(19)21-24-20-12-16-8-4-2-6-14(16)10-18(20)22(25)26-21/h1-12H,23H2. The van der Waals surface area contributed by atoms with Crippen LogP contribution >= 0.6 is 0 Å². The Bertz CT molecular complexity index is 1370. The highest BCUT2D eigenvalue weighted by Crippen LogP contribution is 2.30. The van der Waals surface area contributed by atoms with Crippen molar-refractivity contribution in [1.29, 1.82) is 0 Å². The van der Waals surface area contributed by atoms with Crippen LogP contribution in [0.25, 0.3) is 43.9 Å². The monoisotopic (exact) mass is 338 g/mol. The molecule has 0 amide bonds. The predicted molar refractivity (Wildman–Crippen MR) is 105 cm³/mol. The molecule has 0 saturated heterocycles. The third-order valence-corrected chi connectivity index (χ3v) is 4.64. The largest absolute Gasteiger partial charge is 0.403 e. The van der Waals surface area contributed by atoms with Gasteiger partial charge in [0.2, 0.25) is 5.89 Å². The van der Waals surface area contributed by atoms with Gasteiger partial charge in [0.25, 0.3) is 0 Å². The van der Waals surface area contributed by atoms with Crippen molar-refractivity contribution in [3.63, 3.8) is 0 Å². The Morgan fingerprint density at radius 1 is 0.769 bits per heavy atom. The molecule has 5 aromatic rings. The minimum atomic E-state index is -0.414. The van der Waals surface area contributed by atoms with Crippen molar-refractivity contribution in [1.82, 2.24) is 4.98 Å². The van der Waals surface area contributed by atoms with Crippen molar-refractivity contribution in [2.75, 3.05) is 5.73 Å². The van der Waals surface area contributed by atoms with Gasteiger partial charge in [0.15, 0.2) is 0 Å². The second-order valence-electron chi connectivity index (χ2n) is 6.31. The number of benzene rings is 4. The summed E-state index contributed by atoms with van der Waals surface area (Å²) in [4.78, 5) is 17.1. The van der Waals surface area contributed by atoms with Gasteiger partial charge in [0, 0.05) is 5.69 Å². The molecule has 5 rings (SSSR count). The van der Waals surface area contributed by atoms with Crippen LogP contribution in [-0.4, -0.2) is 4.98 Å². The molecule has 0 bridgehead atoms. The zero-order chi connectivity index (χ0) is 17.7. The lowest BCUT2D eigenvalue weighted by Gasteiger charge is -2.08. The van der Waals surface area contributed by atoms with Crippen molar-refractivity contribution in [3.05, 3.63) is 83.2 Å². The fraction of sp³-hybridized carbons (Fsp3) is 0. The Labute approximate surface area is 148 Å². The Morgan fingerprint density at radius 3 is 2.04 bits per heavy atom. The predicted octanol–water partition coefficient (Wildman–Crippen LogP) is 4.74. The van der Waals surface area contributed by atoms with E-state index in [0.29, 0.717) is 22.2 Å². The summed E-state index contributed by atoms with van der Waals surface area (Å²) in [6.45, 7) is 0. The molecule has 0 aliphatic heterocycles. The Morgan fingerprint density at radius 2 is 1.35 bits per heavy atom. The molecule has 124 valence electrons. The Kier molecular flexibility index (Phi) is 3.06. The van der Waals surface area contributed by atoms with E-state index in [0.717, 1.165) is 21.5 Å². The molecule has 0 aliphatic carbocycles. The van der Waals surface area contributed by atoms with Gasteiger partial charge in [-0.2, -0.15) is 0 Å². The van der Waals surface area contributed by atoms with Gasteiger partial charge in [-0.15, -0.1) is 0 Å². The molecule has 4 heteroatoms. The second kappa shape index (κ2) is 5.43. The topological polar surface area (TPSA) is 69.1 Å². The summed E-state index contributed by atoms with van der Waals surface area (Å²) in [7, 11) is 0. The third kappa shape index (κ3) is 2.24. The molecule has 0 atom stereocenters. The van der Waals surface area contributed by atoms with Crippen LogP contribution in [0.1, 0.15) is 0 Å². The number of hydrogen-bond donors (Lipinski definition) is 1. The summed E-state index contributed by atoms with van der Waals surface area (Å²) in [5.41, 5.74) is 7.54. The van der Waals surface area contributed by atoms with Crippen molar-refractivity contribution < 1.29 is 4.42 Å². The number of nitrogens with two attached hydrogens (primary N) is 1. The van der Waals surface area contributed by atoms with Gasteiger partial charge in [-0.25, -0.2) is 9.78 Å². The number of nitrogen functional groups attached to an aromatic ring is 1. The summed E-state index contributed by atoms with van der Waals surface area (Å²) >= 11 is 0. The third-order valence-electron chi connectivity index (χ3n) is 4.64. The van der Waals surface area contributed by atoms with Crippen LogP contribution < -0.4 is 11.4 Å². The van der Waals surface area contributed by atoms with E-state index in [-0.39, 0.29) is 5.89 Å². The first-order chi connectivity index (χ1) is 12.7. The van der Waals surface area contributed by atoms with E-state index in [2.05, 4.69) is 4.98 Å². The minimum Gasteiger partial charge on any atom is -0.403 e. The van der Waals surface area contributed by atoms with Gasteiger partial charge in [0.05, 0.1) is 16.5 Å². The van der Waals surface area contributed by atoms with Crippen LogP contribution in [0.4, 0.5) is 5.69 Å². The highest BCUT2D eigenvalue weighted by Gasteiger charge is 2.13. The zero-order valence-electron chi connectivity index (χ0n) is 13.8. The maximum atomic E-state index is 12.5. The average molecular weight is 338 g/mol. The molecule has 0 unspecified atom stereocenters. The number of fused-ring (bicyclic) bond motifs is 3. The molecule has 4 aromatic carbocycles. The highest BCUT2D eigenvalue weighted by atomic mass is 16.4. The van der Waals surface area contributed by atoms with Gasteiger partial charge >= 0.3 is 5.63 Å². The molecule has 0 saturated carbocycles. The van der Waals surface area contributed by atoms with Crippen molar-refractivity contribution in [2.24, 2.45) is 0 Å². The zero-order valence-corrected chi connectivity index (χ0v) is 13.8. The van der Waals surface area contributed by atoms with Crippen molar-refractivity contribution in [3.8, 4) is 11.5 Å². The molecule has 0 aliphatic rings. The lowest BCUT2D eigenvalue weighted by Crippen LogP contribution is -2.04. The molecule has 0 spiro atoms. The second-order valence-corrected chi connectivity index (χ2v) is 6.31. The number of rotatable bonds is 1. The van der Waals surface area contributed by atoms with E-state index >= 15 is 0 Å². The van der Waals surface area contributed by atoms with Crippen LogP contribution in [0.5, 0.6) is 0 Å². The average Bonchev–Trinajstić information content (AvgIpc) is 2.66. The number of nitrogens with zero attached hydrogens (tertiary/aromatic N) is 1. The smallest absolute Gasteiger partial charge is 0.347 e. The van der Waals surface area contributed by atoms with Crippen molar-refractivity contribution >= 4 is 38.1 Å². The summed E-state index contributed by atoms with van der Waals surface area (Å²) < 4.78 is 5.51. The van der Waals surface area contributed by atoms with Crippen LogP contribution in [-0.2, 0) is 0 Å². The van der Waals surface area contributed by atoms with E-state index in [1.54, 1.807) is 0 Å². The lowest BCUT2D eigenvalue weighted by molar-refractivity contribution is 0.519. The normalized spacial score (nSPS) is 11.4. The summed E-state index contributed by atoms with van der Waals surface area (Å²) in [5, 5.41) is 4.51. The lowest BCUT2D eigenvalue weighted by atomic mass is 10.0. The quantitative estimate of drug-likeness (QED) is 0.354. The molecule has 0 fully saturated rings. The van der Waals surface area contributed by atoms with Crippen molar-refractivity contribution in [2.45, 2.75) is 0 Å². The van der Waals surface area contributed by atoms with Crippen LogP contribution in [0.3, 0.4) is 0 Å². The van der Waals surface area contributed by atoms with Gasteiger partial charge in [-0.3, -0.25) is 0 Å². The van der Waals surface area contributed by atoms with Crippen LogP contribution in [0, 0.1) is 0 Å². The first-order valence-corrected chi connectivity index (χ1v) is 8.31.